The van der Waals surface area contributed by atoms with Gasteiger partial charge >= 0.3 is 0 Å². The molecule has 0 spiro atoms. The molecule has 5 rings (SSSR count). The van der Waals surface area contributed by atoms with Crippen LogP contribution >= 0.6 is 0 Å². The third-order valence-electron chi connectivity index (χ3n) is 6.87. The summed E-state index contributed by atoms with van der Waals surface area (Å²) < 4.78 is 19.9. The third-order valence-corrected chi connectivity index (χ3v) is 6.87. The Morgan fingerprint density at radius 1 is 1.18 bits per heavy atom. The Kier molecular flexibility index (Phi) is 5.31. The van der Waals surface area contributed by atoms with E-state index in [1.165, 1.54) is 13.2 Å². The van der Waals surface area contributed by atoms with Gasteiger partial charge in [0.25, 0.3) is 0 Å². The molecule has 33 heavy (non-hydrogen) atoms. The summed E-state index contributed by atoms with van der Waals surface area (Å²) in [6.45, 7) is 2.18. The summed E-state index contributed by atoms with van der Waals surface area (Å²) in [5.41, 5.74) is 3.16. The molecule has 7 nitrogen and oxygen atoms in total. The number of rotatable bonds is 4. The van der Waals surface area contributed by atoms with E-state index < -0.39 is 5.82 Å². The fraction of sp³-hybridized carbons (Fsp3) is 0.400. The van der Waals surface area contributed by atoms with Crippen LogP contribution in [0.3, 0.4) is 0 Å². The fourth-order valence-electron chi connectivity index (χ4n) is 4.97. The van der Waals surface area contributed by atoms with E-state index in [0.717, 1.165) is 47.7 Å². The number of amides is 1. The first-order chi connectivity index (χ1) is 15.9. The number of hydrogen-bond donors (Lipinski definition) is 0. The van der Waals surface area contributed by atoms with Gasteiger partial charge < -0.3 is 19.4 Å². The highest BCUT2D eigenvalue weighted by molar-refractivity contribution is 5.96. The first-order valence-electron chi connectivity index (χ1n) is 11.2. The first kappa shape index (κ1) is 21.4. The fourth-order valence-corrected chi connectivity index (χ4v) is 4.97. The number of carbonyl (C=O) groups excluding carboxylic acids is 1. The summed E-state index contributed by atoms with van der Waals surface area (Å²) in [5.74, 6) is 1.07. The molecule has 2 aliphatic rings. The minimum atomic E-state index is -0.426. The molecule has 0 bridgehead atoms. The second-order valence-electron chi connectivity index (χ2n) is 9.15. The van der Waals surface area contributed by atoms with E-state index in [4.69, 9.17) is 9.72 Å². The lowest BCUT2D eigenvalue weighted by atomic mass is 9.88. The predicted octanol–water partition coefficient (Wildman–Crippen LogP) is 3.43. The van der Waals surface area contributed by atoms with Crippen LogP contribution in [0.4, 0.5) is 15.9 Å². The molecule has 1 aromatic carbocycles. The molecule has 0 saturated carbocycles. The van der Waals surface area contributed by atoms with Crippen molar-refractivity contribution in [3.8, 4) is 17.0 Å². The van der Waals surface area contributed by atoms with Crippen molar-refractivity contribution in [2.24, 2.45) is 11.8 Å². The Labute approximate surface area is 192 Å². The second-order valence-corrected chi connectivity index (χ2v) is 9.15. The van der Waals surface area contributed by atoms with Crippen molar-refractivity contribution in [1.82, 2.24) is 14.9 Å². The molecule has 2 atom stereocenters. The van der Waals surface area contributed by atoms with Crippen molar-refractivity contribution < 1.29 is 13.9 Å². The minimum absolute atomic E-state index is 0.0282. The van der Waals surface area contributed by atoms with E-state index in [9.17, 15) is 9.18 Å². The largest absolute Gasteiger partial charge is 0.494 e. The Balaban J connectivity index is 1.62. The van der Waals surface area contributed by atoms with Gasteiger partial charge in [0.2, 0.25) is 5.91 Å². The summed E-state index contributed by atoms with van der Waals surface area (Å²) in [4.78, 5) is 28.1. The molecular weight excluding hydrogens is 421 g/mol. The minimum Gasteiger partial charge on any atom is -0.494 e. The lowest BCUT2D eigenvalue weighted by molar-refractivity contribution is -0.137. The molecule has 4 heterocycles. The standard InChI is InChI=1S/C25H28FN5O2/c1-29(2)24-6-5-15(12-27-24)20-10-22(17-9-19(26)23(33-4)11-21(17)28-20)31-13-16-7-8-30(3)25(32)18(16)14-31/h5-6,9-12,16,18H,7-8,13-14H2,1-4H3. The van der Waals surface area contributed by atoms with E-state index in [0.29, 0.717) is 18.0 Å². The zero-order chi connectivity index (χ0) is 23.3. The number of aromatic nitrogens is 2. The van der Waals surface area contributed by atoms with E-state index in [1.54, 1.807) is 12.3 Å². The maximum absolute atomic E-state index is 14.7. The molecule has 172 valence electrons. The van der Waals surface area contributed by atoms with Crippen molar-refractivity contribution in [2.45, 2.75) is 6.42 Å². The number of hydrogen-bond acceptors (Lipinski definition) is 6. The van der Waals surface area contributed by atoms with Gasteiger partial charge in [-0.3, -0.25) is 4.79 Å². The topological polar surface area (TPSA) is 61.8 Å². The van der Waals surface area contributed by atoms with Gasteiger partial charge in [-0.05, 0) is 36.6 Å². The number of fused-ring (bicyclic) bond motifs is 2. The number of methoxy groups -OCH3 is 1. The van der Waals surface area contributed by atoms with Crippen molar-refractivity contribution in [2.75, 3.05) is 57.7 Å². The summed E-state index contributed by atoms with van der Waals surface area (Å²) in [7, 11) is 7.21. The van der Waals surface area contributed by atoms with Crippen molar-refractivity contribution in [3.63, 3.8) is 0 Å². The molecule has 3 aromatic rings. The number of nitrogens with zero attached hydrogens (tertiary/aromatic N) is 5. The summed E-state index contributed by atoms with van der Waals surface area (Å²) in [6, 6.07) is 9.06. The van der Waals surface area contributed by atoms with Gasteiger partial charge in [-0.2, -0.15) is 0 Å². The molecule has 2 fully saturated rings. The Morgan fingerprint density at radius 2 is 2.00 bits per heavy atom. The van der Waals surface area contributed by atoms with E-state index >= 15 is 0 Å². The maximum atomic E-state index is 14.7. The number of benzene rings is 1. The van der Waals surface area contributed by atoms with Crippen molar-refractivity contribution in [3.05, 3.63) is 42.3 Å². The predicted molar refractivity (Wildman–Crippen MR) is 127 cm³/mol. The maximum Gasteiger partial charge on any atom is 0.227 e. The summed E-state index contributed by atoms with van der Waals surface area (Å²) >= 11 is 0. The molecule has 0 aliphatic carbocycles. The van der Waals surface area contributed by atoms with Gasteiger partial charge in [0, 0.05) is 69.7 Å². The molecule has 0 radical (unpaired) electrons. The van der Waals surface area contributed by atoms with E-state index in [2.05, 4.69) is 9.88 Å². The monoisotopic (exact) mass is 449 g/mol. The van der Waals surface area contributed by atoms with Crippen LogP contribution in [0.5, 0.6) is 5.75 Å². The second kappa shape index (κ2) is 8.17. The smallest absolute Gasteiger partial charge is 0.227 e. The van der Waals surface area contributed by atoms with Crippen molar-refractivity contribution >= 4 is 28.3 Å². The molecule has 8 heteroatoms. The molecule has 2 unspecified atom stereocenters. The van der Waals surface area contributed by atoms with Gasteiger partial charge in [-0.1, -0.05) is 0 Å². The van der Waals surface area contributed by atoms with E-state index in [1.807, 2.05) is 49.1 Å². The van der Waals surface area contributed by atoms with Crippen LogP contribution in [0.1, 0.15) is 6.42 Å². The zero-order valence-corrected chi connectivity index (χ0v) is 19.4. The quantitative estimate of drug-likeness (QED) is 0.608. The van der Waals surface area contributed by atoms with Crippen LogP contribution in [-0.4, -0.2) is 68.7 Å². The van der Waals surface area contributed by atoms with Crippen LogP contribution in [0.2, 0.25) is 0 Å². The highest BCUT2D eigenvalue weighted by Gasteiger charge is 2.42. The molecule has 1 amide bonds. The molecule has 2 aliphatic heterocycles. The van der Waals surface area contributed by atoms with Gasteiger partial charge in [0.15, 0.2) is 11.6 Å². The number of anilines is 2. The number of likely N-dealkylation sites (tertiary alicyclic amines) is 1. The highest BCUT2D eigenvalue weighted by Crippen LogP contribution is 2.40. The number of ether oxygens (including phenoxy) is 1. The average Bonchev–Trinajstić information content (AvgIpc) is 3.25. The van der Waals surface area contributed by atoms with Gasteiger partial charge in [-0.15, -0.1) is 0 Å². The van der Waals surface area contributed by atoms with Crippen LogP contribution in [0.25, 0.3) is 22.2 Å². The number of piperidine rings is 1. The summed E-state index contributed by atoms with van der Waals surface area (Å²) in [5, 5.41) is 0.717. The van der Waals surface area contributed by atoms with Gasteiger partial charge in [0.05, 0.1) is 24.2 Å². The number of carbonyl (C=O) groups is 1. The Bertz CT molecular complexity index is 1210. The normalized spacial score (nSPS) is 20.3. The van der Waals surface area contributed by atoms with Crippen LogP contribution in [0, 0.1) is 17.7 Å². The van der Waals surface area contributed by atoms with Crippen LogP contribution in [-0.2, 0) is 4.79 Å². The SMILES string of the molecule is COc1cc2nc(-c3ccc(N(C)C)nc3)cc(N3CC4CCN(C)C(=O)C4C3)c2cc1F. The lowest BCUT2D eigenvalue weighted by Gasteiger charge is -2.30. The van der Waals surface area contributed by atoms with Crippen LogP contribution in [0.15, 0.2) is 36.5 Å². The highest BCUT2D eigenvalue weighted by atomic mass is 19.1. The Morgan fingerprint density at radius 3 is 2.70 bits per heavy atom. The third kappa shape index (κ3) is 3.73. The Hall–Kier alpha value is -3.42. The number of halogens is 1. The zero-order valence-electron chi connectivity index (χ0n) is 19.4. The van der Waals surface area contributed by atoms with Crippen LogP contribution < -0.4 is 14.5 Å². The molecule has 2 aromatic heterocycles. The molecule has 0 N–H and O–H groups in total. The summed E-state index contributed by atoms with van der Waals surface area (Å²) in [6.07, 6.45) is 2.79. The van der Waals surface area contributed by atoms with Gasteiger partial charge in [0.1, 0.15) is 5.82 Å². The average molecular weight is 450 g/mol. The van der Waals surface area contributed by atoms with Crippen molar-refractivity contribution in [1.29, 1.82) is 0 Å². The molecular formula is C25H28FN5O2. The van der Waals surface area contributed by atoms with E-state index in [-0.39, 0.29) is 17.6 Å². The molecule has 2 saturated heterocycles. The number of pyridine rings is 2. The lowest BCUT2D eigenvalue weighted by Crippen LogP contribution is -2.42. The van der Waals surface area contributed by atoms with Gasteiger partial charge in [-0.25, -0.2) is 14.4 Å². The first-order valence-corrected chi connectivity index (χ1v) is 11.2.